The molecule has 3 rings (SSSR count). The molecule has 1 aromatic carbocycles. The number of rotatable bonds is 2. The lowest BCUT2D eigenvalue weighted by Crippen LogP contribution is -2.36. The fourth-order valence-electron chi connectivity index (χ4n) is 3.15. The molecule has 1 aliphatic heterocycles. The molecule has 2 atom stereocenters. The van der Waals surface area contributed by atoms with Crippen LogP contribution in [0.4, 0.5) is 5.69 Å². The highest BCUT2D eigenvalue weighted by Gasteiger charge is 2.27. The average molecular weight is 275 g/mol. The fraction of sp³-hybridized carbons (Fsp3) is 0.562. The first kappa shape index (κ1) is 13.6. The zero-order chi connectivity index (χ0) is 13.9. The maximum Gasteiger partial charge on any atom is 0.136 e. The minimum atomic E-state index is -0.472. The van der Waals surface area contributed by atoms with E-state index >= 15 is 0 Å². The van der Waals surface area contributed by atoms with Crippen LogP contribution in [0.2, 0.25) is 0 Å². The van der Waals surface area contributed by atoms with Crippen molar-refractivity contribution in [3.8, 4) is 0 Å². The van der Waals surface area contributed by atoms with E-state index in [4.69, 9.17) is 4.74 Å². The SMILES string of the molecule is O=C1CC(O)CC(c2ccc(N3CCOCC3)cc2)C1. The van der Waals surface area contributed by atoms with Crippen LogP contribution < -0.4 is 4.90 Å². The van der Waals surface area contributed by atoms with Crippen LogP contribution in [-0.2, 0) is 9.53 Å². The molecule has 4 nitrogen and oxygen atoms in total. The molecule has 0 aromatic heterocycles. The van der Waals surface area contributed by atoms with E-state index in [2.05, 4.69) is 29.2 Å². The van der Waals surface area contributed by atoms with E-state index in [1.807, 2.05) is 0 Å². The van der Waals surface area contributed by atoms with Crippen LogP contribution in [0, 0.1) is 0 Å². The molecule has 1 aliphatic carbocycles. The van der Waals surface area contributed by atoms with Gasteiger partial charge in [-0.05, 0) is 30.0 Å². The van der Waals surface area contributed by atoms with Crippen molar-refractivity contribution in [2.75, 3.05) is 31.2 Å². The Morgan fingerprint density at radius 3 is 2.45 bits per heavy atom. The first-order chi connectivity index (χ1) is 9.72. The molecule has 2 unspecified atom stereocenters. The van der Waals surface area contributed by atoms with Crippen LogP contribution in [0.25, 0.3) is 0 Å². The Kier molecular flexibility index (Phi) is 4.03. The number of hydrogen-bond donors (Lipinski definition) is 1. The summed E-state index contributed by atoms with van der Waals surface area (Å²) in [6, 6.07) is 8.43. The lowest BCUT2D eigenvalue weighted by molar-refractivity contribution is -0.123. The van der Waals surface area contributed by atoms with E-state index in [9.17, 15) is 9.90 Å². The molecule has 4 heteroatoms. The topological polar surface area (TPSA) is 49.8 Å². The number of ketones is 1. The van der Waals surface area contributed by atoms with Gasteiger partial charge in [-0.2, -0.15) is 0 Å². The number of morpholine rings is 1. The lowest BCUT2D eigenvalue weighted by Gasteiger charge is -2.30. The molecule has 2 fully saturated rings. The predicted molar refractivity (Wildman–Crippen MR) is 77.1 cm³/mol. The van der Waals surface area contributed by atoms with Gasteiger partial charge in [-0.1, -0.05) is 12.1 Å². The summed E-state index contributed by atoms with van der Waals surface area (Å²) in [7, 11) is 0. The third-order valence-electron chi connectivity index (χ3n) is 4.23. The zero-order valence-electron chi connectivity index (χ0n) is 11.6. The van der Waals surface area contributed by atoms with Crippen molar-refractivity contribution in [1.29, 1.82) is 0 Å². The fourth-order valence-corrected chi connectivity index (χ4v) is 3.15. The first-order valence-electron chi connectivity index (χ1n) is 7.35. The van der Waals surface area contributed by atoms with Gasteiger partial charge >= 0.3 is 0 Å². The van der Waals surface area contributed by atoms with Crippen molar-refractivity contribution in [3.05, 3.63) is 29.8 Å². The number of nitrogens with zero attached hydrogens (tertiary/aromatic N) is 1. The maximum atomic E-state index is 11.6. The summed E-state index contributed by atoms with van der Waals surface area (Å²) < 4.78 is 5.36. The molecular weight excluding hydrogens is 254 g/mol. The van der Waals surface area contributed by atoms with Crippen LogP contribution >= 0.6 is 0 Å². The number of aliphatic hydroxyl groups is 1. The number of ether oxygens (including phenoxy) is 1. The van der Waals surface area contributed by atoms with E-state index in [1.54, 1.807) is 0 Å². The minimum Gasteiger partial charge on any atom is -0.393 e. The van der Waals surface area contributed by atoms with E-state index in [-0.39, 0.29) is 11.7 Å². The van der Waals surface area contributed by atoms with Gasteiger partial charge in [-0.3, -0.25) is 4.79 Å². The predicted octanol–water partition coefficient (Wildman–Crippen LogP) is 1.72. The van der Waals surface area contributed by atoms with Gasteiger partial charge in [-0.25, -0.2) is 0 Å². The van der Waals surface area contributed by atoms with Crippen LogP contribution in [0.3, 0.4) is 0 Å². The molecule has 20 heavy (non-hydrogen) atoms. The molecule has 0 bridgehead atoms. The van der Waals surface area contributed by atoms with Crippen LogP contribution in [-0.4, -0.2) is 43.3 Å². The molecule has 0 radical (unpaired) electrons. The number of benzene rings is 1. The first-order valence-corrected chi connectivity index (χ1v) is 7.35. The van der Waals surface area contributed by atoms with Gasteiger partial charge in [0.1, 0.15) is 5.78 Å². The van der Waals surface area contributed by atoms with Crippen molar-refractivity contribution in [3.63, 3.8) is 0 Å². The van der Waals surface area contributed by atoms with Gasteiger partial charge < -0.3 is 14.7 Å². The standard InChI is InChI=1S/C16H21NO3/c18-15-9-13(10-16(19)11-15)12-1-3-14(4-2-12)17-5-7-20-8-6-17/h1-4,13,15,18H,5-11H2. The van der Waals surface area contributed by atoms with Crippen LogP contribution in [0.5, 0.6) is 0 Å². The Morgan fingerprint density at radius 2 is 1.80 bits per heavy atom. The van der Waals surface area contributed by atoms with Gasteiger partial charge in [-0.15, -0.1) is 0 Å². The van der Waals surface area contributed by atoms with E-state index in [0.29, 0.717) is 19.3 Å². The second kappa shape index (κ2) is 5.94. The molecule has 1 saturated carbocycles. The Hall–Kier alpha value is -1.39. The highest BCUT2D eigenvalue weighted by atomic mass is 16.5. The van der Waals surface area contributed by atoms with E-state index in [0.717, 1.165) is 31.9 Å². The number of Topliss-reactive ketones (excluding diaryl/α,β-unsaturated/α-hetero) is 1. The highest BCUT2D eigenvalue weighted by Crippen LogP contribution is 2.32. The van der Waals surface area contributed by atoms with Gasteiger partial charge in [0.2, 0.25) is 0 Å². The van der Waals surface area contributed by atoms with Crippen molar-refractivity contribution < 1.29 is 14.6 Å². The van der Waals surface area contributed by atoms with Crippen LogP contribution in [0.1, 0.15) is 30.7 Å². The molecular formula is C16H21NO3. The molecule has 1 N–H and O–H groups in total. The monoisotopic (exact) mass is 275 g/mol. The van der Waals surface area contributed by atoms with Crippen molar-refractivity contribution in [2.24, 2.45) is 0 Å². The van der Waals surface area contributed by atoms with Crippen molar-refractivity contribution in [2.45, 2.75) is 31.3 Å². The number of aliphatic hydroxyl groups excluding tert-OH is 1. The Morgan fingerprint density at radius 1 is 1.10 bits per heavy atom. The summed E-state index contributed by atoms with van der Waals surface area (Å²) in [5.74, 6) is 0.344. The van der Waals surface area contributed by atoms with Gasteiger partial charge in [0.05, 0.1) is 19.3 Å². The number of carbonyl (C=O) groups excluding carboxylic acids is 1. The largest absolute Gasteiger partial charge is 0.393 e. The second-order valence-corrected chi connectivity index (χ2v) is 5.72. The van der Waals surface area contributed by atoms with Gasteiger partial charge in [0.25, 0.3) is 0 Å². The molecule has 1 saturated heterocycles. The summed E-state index contributed by atoms with van der Waals surface area (Å²) >= 11 is 0. The Balaban J connectivity index is 1.70. The maximum absolute atomic E-state index is 11.6. The zero-order valence-corrected chi connectivity index (χ0v) is 11.6. The summed E-state index contributed by atoms with van der Waals surface area (Å²) in [4.78, 5) is 13.9. The average Bonchev–Trinajstić information content (AvgIpc) is 2.47. The van der Waals surface area contributed by atoms with E-state index in [1.165, 1.54) is 5.69 Å². The van der Waals surface area contributed by atoms with Crippen molar-refractivity contribution in [1.82, 2.24) is 0 Å². The third-order valence-corrected chi connectivity index (χ3v) is 4.23. The third kappa shape index (κ3) is 3.02. The molecule has 2 aliphatic rings. The van der Waals surface area contributed by atoms with E-state index < -0.39 is 6.10 Å². The summed E-state index contributed by atoms with van der Waals surface area (Å²) in [6.07, 6.45) is 1.11. The molecule has 1 heterocycles. The molecule has 1 aromatic rings. The summed E-state index contributed by atoms with van der Waals surface area (Å²) in [6.45, 7) is 3.43. The Bertz CT molecular complexity index is 465. The van der Waals surface area contributed by atoms with Gasteiger partial charge in [0.15, 0.2) is 0 Å². The second-order valence-electron chi connectivity index (χ2n) is 5.72. The van der Waals surface area contributed by atoms with Gasteiger partial charge in [0, 0.05) is 31.6 Å². The minimum absolute atomic E-state index is 0.171. The summed E-state index contributed by atoms with van der Waals surface area (Å²) in [5, 5.41) is 9.73. The van der Waals surface area contributed by atoms with Crippen molar-refractivity contribution >= 4 is 11.5 Å². The number of hydrogen-bond acceptors (Lipinski definition) is 4. The number of carbonyl (C=O) groups is 1. The number of anilines is 1. The normalized spacial score (nSPS) is 27.6. The Labute approximate surface area is 119 Å². The highest BCUT2D eigenvalue weighted by molar-refractivity contribution is 5.80. The quantitative estimate of drug-likeness (QED) is 0.893. The lowest BCUT2D eigenvalue weighted by atomic mass is 9.82. The molecule has 108 valence electrons. The summed E-state index contributed by atoms with van der Waals surface area (Å²) in [5.41, 5.74) is 2.37. The molecule has 0 amide bonds. The molecule has 0 spiro atoms. The van der Waals surface area contributed by atoms with Crippen LogP contribution in [0.15, 0.2) is 24.3 Å². The smallest absolute Gasteiger partial charge is 0.136 e.